The Morgan fingerprint density at radius 1 is 1.37 bits per heavy atom. The molecule has 1 aromatic rings. The van der Waals surface area contributed by atoms with Gasteiger partial charge in [0.05, 0.1) is 10.7 Å². The summed E-state index contributed by atoms with van der Waals surface area (Å²) in [6.07, 6.45) is 2.02. The number of amides is 2. The van der Waals surface area contributed by atoms with Crippen molar-refractivity contribution in [3.8, 4) is 0 Å². The van der Waals surface area contributed by atoms with E-state index in [0.29, 0.717) is 6.07 Å². The zero-order valence-electron chi connectivity index (χ0n) is 9.41. The third kappa shape index (κ3) is 4.92. The van der Waals surface area contributed by atoms with Gasteiger partial charge in [-0.3, -0.25) is 0 Å². The Morgan fingerprint density at radius 2 is 2.05 bits per heavy atom. The van der Waals surface area contributed by atoms with Crippen LogP contribution in [0.4, 0.5) is 19.3 Å². The number of hydrogen-bond acceptors (Lipinski definition) is 2. The van der Waals surface area contributed by atoms with Crippen LogP contribution in [-0.2, 0) is 4.79 Å². The van der Waals surface area contributed by atoms with Crippen molar-refractivity contribution in [2.45, 2.75) is 0 Å². The molecule has 0 heterocycles. The van der Waals surface area contributed by atoms with Crippen LogP contribution in [0.15, 0.2) is 24.3 Å². The molecule has 8 heteroatoms. The Kier molecular flexibility index (Phi) is 5.25. The molecule has 2 amide bonds. The summed E-state index contributed by atoms with van der Waals surface area (Å²) in [4.78, 5) is 21.5. The van der Waals surface area contributed by atoms with E-state index in [1.807, 2.05) is 0 Å². The van der Waals surface area contributed by atoms with Crippen molar-refractivity contribution in [1.29, 1.82) is 0 Å². The van der Waals surface area contributed by atoms with E-state index < -0.39 is 23.6 Å². The molecular formula is C11H9ClF2N2O3. The lowest BCUT2D eigenvalue weighted by Crippen LogP contribution is -2.29. The quantitative estimate of drug-likeness (QED) is 0.745. The van der Waals surface area contributed by atoms with E-state index in [-0.39, 0.29) is 17.3 Å². The fourth-order valence-corrected chi connectivity index (χ4v) is 1.37. The minimum Gasteiger partial charge on any atom is -0.478 e. The molecule has 0 aliphatic rings. The SMILES string of the molecule is O=C(O)/C=C/CNC(=O)Nc1c(F)cc(F)cc1Cl. The van der Waals surface area contributed by atoms with Gasteiger partial charge in [0.25, 0.3) is 0 Å². The van der Waals surface area contributed by atoms with Gasteiger partial charge < -0.3 is 15.7 Å². The molecule has 0 unspecified atom stereocenters. The minimum atomic E-state index is -1.16. The molecule has 0 bridgehead atoms. The number of aliphatic carboxylic acids is 1. The van der Waals surface area contributed by atoms with Gasteiger partial charge in [-0.05, 0) is 6.07 Å². The Balaban J connectivity index is 2.60. The van der Waals surface area contributed by atoms with Crippen LogP contribution in [0.2, 0.25) is 5.02 Å². The van der Waals surface area contributed by atoms with Crippen LogP contribution in [0.25, 0.3) is 0 Å². The van der Waals surface area contributed by atoms with E-state index in [9.17, 15) is 18.4 Å². The molecule has 1 aromatic carbocycles. The summed E-state index contributed by atoms with van der Waals surface area (Å²) in [5, 5.41) is 12.3. The Morgan fingerprint density at radius 3 is 2.63 bits per heavy atom. The smallest absolute Gasteiger partial charge is 0.328 e. The molecule has 19 heavy (non-hydrogen) atoms. The molecule has 0 aliphatic heterocycles. The van der Waals surface area contributed by atoms with Gasteiger partial charge in [0.1, 0.15) is 5.82 Å². The van der Waals surface area contributed by atoms with Gasteiger partial charge in [-0.25, -0.2) is 18.4 Å². The Bertz CT molecular complexity index is 512. The summed E-state index contributed by atoms with van der Waals surface area (Å²) < 4.78 is 26.1. The molecule has 0 radical (unpaired) electrons. The topological polar surface area (TPSA) is 78.4 Å². The summed E-state index contributed by atoms with van der Waals surface area (Å²) in [6, 6.07) is 0.624. The molecule has 0 saturated heterocycles. The van der Waals surface area contributed by atoms with Gasteiger partial charge in [-0.2, -0.15) is 0 Å². The van der Waals surface area contributed by atoms with Crippen LogP contribution in [0.3, 0.4) is 0 Å². The molecule has 0 spiro atoms. The number of hydrogen-bond donors (Lipinski definition) is 3. The van der Waals surface area contributed by atoms with Crippen LogP contribution in [-0.4, -0.2) is 23.7 Å². The van der Waals surface area contributed by atoms with Crippen molar-refractivity contribution in [2.75, 3.05) is 11.9 Å². The number of benzene rings is 1. The van der Waals surface area contributed by atoms with Gasteiger partial charge in [0.2, 0.25) is 0 Å². The number of carboxylic acid groups (broad SMARTS) is 1. The first kappa shape index (κ1) is 14.9. The lowest BCUT2D eigenvalue weighted by molar-refractivity contribution is -0.131. The van der Waals surface area contributed by atoms with Crippen molar-refractivity contribution in [3.05, 3.63) is 40.9 Å². The molecule has 0 aromatic heterocycles. The van der Waals surface area contributed by atoms with Crippen LogP contribution < -0.4 is 10.6 Å². The van der Waals surface area contributed by atoms with Gasteiger partial charge in [-0.1, -0.05) is 17.7 Å². The lowest BCUT2D eigenvalue weighted by atomic mass is 10.3. The zero-order valence-corrected chi connectivity index (χ0v) is 10.2. The number of rotatable bonds is 4. The molecule has 102 valence electrons. The second-order valence-electron chi connectivity index (χ2n) is 3.32. The van der Waals surface area contributed by atoms with E-state index in [2.05, 4.69) is 10.6 Å². The molecule has 0 atom stereocenters. The summed E-state index contributed by atoms with van der Waals surface area (Å²) in [6.45, 7) is -0.0709. The van der Waals surface area contributed by atoms with Crippen molar-refractivity contribution >= 4 is 29.3 Å². The summed E-state index contributed by atoms with van der Waals surface area (Å²) >= 11 is 5.57. The first-order chi connectivity index (χ1) is 8.90. The van der Waals surface area contributed by atoms with Crippen LogP contribution in [0.1, 0.15) is 0 Å². The maximum Gasteiger partial charge on any atom is 0.328 e. The number of nitrogens with one attached hydrogen (secondary N) is 2. The Hall–Kier alpha value is -2.15. The largest absolute Gasteiger partial charge is 0.478 e. The maximum absolute atomic E-state index is 13.3. The number of anilines is 1. The summed E-state index contributed by atoms with van der Waals surface area (Å²) in [5.41, 5.74) is -0.359. The second kappa shape index (κ2) is 6.69. The average molecular weight is 291 g/mol. The standard InChI is InChI=1S/C11H9ClF2N2O3/c12-7-4-6(13)5-8(14)10(7)16-11(19)15-3-1-2-9(17)18/h1-2,4-5H,3H2,(H,17,18)(H2,15,16,19)/b2-1+. The first-order valence-corrected chi connectivity index (χ1v) is 5.37. The third-order valence-corrected chi connectivity index (χ3v) is 2.18. The van der Waals surface area contributed by atoms with Gasteiger partial charge >= 0.3 is 12.0 Å². The van der Waals surface area contributed by atoms with Gasteiger partial charge in [0.15, 0.2) is 5.82 Å². The van der Waals surface area contributed by atoms with E-state index in [0.717, 1.165) is 12.1 Å². The second-order valence-corrected chi connectivity index (χ2v) is 3.73. The number of carbonyl (C=O) groups excluding carboxylic acids is 1. The van der Waals surface area contributed by atoms with Gasteiger partial charge in [0, 0.05) is 18.7 Å². The predicted molar refractivity (Wildman–Crippen MR) is 65.2 cm³/mol. The third-order valence-electron chi connectivity index (χ3n) is 1.89. The molecule has 0 fully saturated rings. The highest BCUT2D eigenvalue weighted by Crippen LogP contribution is 2.26. The predicted octanol–water partition coefficient (Wildman–Crippen LogP) is 2.38. The van der Waals surface area contributed by atoms with Crippen molar-refractivity contribution in [1.82, 2.24) is 5.32 Å². The van der Waals surface area contributed by atoms with Crippen LogP contribution in [0.5, 0.6) is 0 Å². The highest BCUT2D eigenvalue weighted by Gasteiger charge is 2.12. The highest BCUT2D eigenvalue weighted by atomic mass is 35.5. The number of carbonyl (C=O) groups is 2. The highest BCUT2D eigenvalue weighted by molar-refractivity contribution is 6.33. The molecular weight excluding hydrogens is 282 g/mol. The number of halogens is 3. The van der Waals surface area contributed by atoms with E-state index in [4.69, 9.17) is 16.7 Å². The fourth-order valence-electron chi connectivity index (χ4n) is 1.13. The first-order valence-electron chi connectivity index (χ1n) is 4.99. The molecule has 5 nitrogen and oxygen atoms in total. The van der Waals surface area contributed by atoms with E-state index >= 15 is 0 Å². The van der Waals surface area contributed by atoms with E-state index in [1.54, 1.807) is 0 Å². The fraction of sp³-hybridized carbons (Fsp3) is 0.0909. The monoisotopic (exact) mass is 290 g/mol. The molecule has 3 N–H and O–H groups in total. The van der Waals surface area contributed by atoms with Gasteiger partial charge in [-0.15, -0.1) is 0 Å². The van der Waals surface area contributed by atoms with Crippen molar-refractivity contribution < 1.29 is 23.5 Å². The normalized spacial score (nSPS) is 10.5. The lowest BCUT2D eigenvalue weighted by Gasteiger charge is -2.08. The van der Waals surface area contributed by atoms with Crippen LogP contribution >= 0.6 is 11.6 Å². The summed E-state index contributed by atoms with van der Waals surface area (Å²) in [7, 11) is 0. The maximum atomic E-state index is 13.3. The zero-order chi connectivity index (χ0) is 14.4. The Labute approximate surface area is 111 Å². The summed E-state index contributed by atoms with van der Waals surface area (Å²) in [5.74, 6) is -3.03. The van der Waals surface area contributed by atoms with Crippen molar-refractivity contribution in [3.63, 3.8) is 0 Å². The number of urea groups is 1. The van der Waals surface area contributed by atoms with Crippen molar-refractivity contribution in [2.24, 2.45) is 0 Å². The average Bonchev–Trinajstić information content (AvgIpc) is 2.29. The van der Waals surface area contributed by atoms with Crippen LogP contribution in [0, 0.1) is 11.6 Å². The number of carboxylic acids is 1. The molecule has 0 aliphatic carbocycles. The molecule has 1 rings (SSSR count). The van der Waals surface area contributed by atoms with E-state index in [1.165, 1.54) is 6.08 Å². The minimum absolute atomic E-state index is 0.0709. The molecule has 0 saturated carbocycles.